The Balaban J connectivity index is 1.68. The first kappa shape index (κ1) is 24.4. The fourth-order valence-electron chi connectivity index (χ4n) is 3.06. The number of hydrogen-bond donors (Lipinski definition) is 2. The number of benzene rings is 3. The quantitative estimate of drug-likeness (QED) is 0.424. The lowest BCUT2D eigenvalue weighted by atomic mass is 10.1. The molecule has 0 fully saturated rings. The first-order chi connectivity index (χ1) is 15.8. The molecule has 0 saturated heterocycles. The predicted molar refractivity (Wildman–Crippen MR) is 129 cm³/mol. The number of amides is 1. The van der Waals surface area contributed by atoms with Gasteiger partial charge in [0.1, 0.15) is 0 Å². The van der Waals surface area contributed by atoms with Crippen LogP contribution < -0.4 is 19.5 Å². The van der Waals surface area contributed by atoms with Gasteiger partial charge < -0.3 is 14.8 Å². The molecule has 3 rings (SSSR count). The van der Waals surface area contributed by atoms with Crippen molar-refractivity contribution >= 4 is 33.2 Å². The van der Waals surface area contributed by atoms with E-state index in [1.807, 2.05) is 26.0 Å². The highest BCUT2D eigenvalue weighted by Gasteiger charge is 2.16. The molecule has 0 aromatic heterocycles. The number of hydrogen-bond acceptors (Lipinski definition) is 5. The fourth-order valence-corrected chi connectivity index (χ4v) is 4.40. The minimum absolute atomic E-state index is 0.127. The maximum absolute atomic E-state index is 12.6. The topological polar surface area (TPSA) is 93.7 Å². The molecule has 3 aromatic rings. The number of ether oxygens (including phenoxy) is 2. The zero-order chi connectivity index (χ0) is 23.8. The lowest BCUT2D eigenvalue weighted by Gasteiger charge is -2.13. The van der Waals surface area contributed by atoms with Crippen molar-refractivity contribution in [3.05, 3.63) is 82.9 Å². The summed E-state index contributed by atoms with van der Waals surface area (Å²) in [5, 5.41) is 2.94. The van der Waals surface area contributed by atoms with Crippen LogP contribution in [0.4, 0.5) is 5.69 Å². The van der Waals surface area contributed by atoms with Crippen LogP contribution >= 0.6 is 11.6 Å². The van der Waals surface area contributed by atoms with E-state index in [0.29, 0.717) is 24.7 Å². The third-order valence-corrected chi connectivity index (χ3v) is 6.29. The van der Waals surface area contributed by atoms with Crippen LogP contribution in [0, 0.1) is 0 Å². The number of rotatable bonds is 10. The lowest BCUT2D eigenvalue weighted by molar-refractivity contribution is 0.0951. The second-order valence-electron chi connectivity index (χ2n) is 6.94. The first-order valence-electron chi connectivity index (χ1n) is 10.4. The van der Waals surface area contributed by atoms with Crippen molar-refractivity contribution in [3.63, 3.8) is 0 Å². The van der Waals surface area contributed by atoms with Gasteiger partial charge in [0.2, 0.25) is 0 Å². The van der Waals surface area contributed by atoms with Gasteiger partial charge in [-0.25, -0.2) is 8.42 Å². The number of nitrogens with one attached hydrogen (secondary N) is 2. The number of sulfonamides is 1. The Bertz CT molecular complexity index is 1220. The molecule has 9 heteroatoms. The average molecular weight is 489 g/mol. The lowest BCUT2D eigenvalue weighted by Crippen LogP contribution is -2.23. The van der Waals surface area contributed by atoms with Crippen LogP contribution in [0.15, 0.2) is 71.6 Å². The van der Waals surface area contributed by atoms with Crippen molar-refractivity contribution in [2.45, 2.75) is 25.3 Å². The summed E-state index contributed by atoms with van der Waals surface area (Å²) in [5.74, 6) is 0.870. The summed E-state index contributed by atoms with van der Waals surface area (Å²) >= 11 is 6.27. The van der Waals surface area contributed by atoms with E-state index in [0.717, 1.165) is 5.56 Å². The molecule has 0 saturated carbocycles. The van der Waals surface area contributed by atoms with Crippen molar-refractivity contribution in [1.82, 2.24) is 5.32 Å². The molecule has 0 aliphatic rings. The molecule has 174 valence electrons. The highest BCUT2D eigenvalue weighted by atomic mass is 35.5. The van der Waals surface area contributed by atoms with Gasteiger partial charge in [0.15, 0.2) is 11.5 Å². The largest absolute Gasteiger partial charge is 0.490 e. The van der Waals surface area contributed by atoms with Gasteiger partial charge in [0.05, 0.1) is 34.4 Å². The molecular formula is C24H25ClN2O5S. The maximum atomic E-state index is 12.6. The molecule has 0 heterocycles. The minimum atomic E-state index is -3.76. The van der Waals surface area contributed by atoms with Gasteiger partial charge in [0, 0.05) is 6.54 Å². The number of carbonyl (C=O) groups excluding carboxylic acids is 1. The van der Waals surface area contributed by atoms with Gasteiger partial charge in [-0.2, -0.15) is 0 Å². The van der Waals surface area contributed by atoms with E-state index in [1.165, 1.54) is 30.3 Å². The Morgan fingerprint density at radius 2 is 1.61 bits per heavy atom. The number of carbonyl (C=O) groups is 1. The van der Waals surface area contributed by atoms with Crippen molar-refractivity contribution in [3.8, 4) is 11.5 Å². The van der Waals surface area contributed by atoms with E-state index in [1.54, 1.807) is 24.3 Å². The molecule has 0 aliphatic carbocycles. The summed E-state index contributed by atoms with van der Waals surface area (Å²) in [7, 11) is -3.76. The smallest absolute Gasteiger partial charge is 0.261 e. The van der Waals surface area contributed by atoms with Crippen LogP contribution in [0.1, 0.15) is 29.8 Å². The van der Waals surface area contributed by atoms with E-state index < -0.39 is 10.0 Å². The Labute approximate surface area is 198 Å². The van der Waals surface area contributed by atoms with Crippen molar-refractivity contribution < 1.29 is 22.7 Å². The second kappa shape index (κ2) is 11.1. The van der Waals surface area contributed by atoms with Gasteiger partial charge in [-0.15, -0.1) is 0 Å². The van der Waals surface area contributed by atoms with Crippen LogP contribution in [0.3, 0.4) is 0 Å². The summed E-state index contributed by atoms with van der Waals surface area (Å²) < 4.78 is 38.6. The molecule has 3 aromatic carbocycles. The zero-order valence-corrected chi connectivity index (χ0v) is 19.9. The highest BCUT2D eigenvalue weighted by Crippen LogP contribution is 2.29. The van der Waals surface area contributed by atoms with Crippen molar-refractivity contribution in [1.29, 1.82) is 0 Å². The predicted octanol–water partition coefficient (Wildman–Crippen LogP) is 4.87. The molecular weight excluding hydrogens is 464 g/mol. The van der Waals surface area contributed by atoms with E-state index in [2.05, 4.69) is 10.0 Å². The third-order valence-electron chi connectivity index (χ3n) is 4.58. The summed E-state index contributed by atoms with van der Waals surface area (Å²) in [4.78, 5) is 12.8. The van der Waals surface area contributed by atoms with E-state index in [9.17, 15) is 13.2 Å². The van der Waals surface area contributed by atoms with Crippen LogP contribution in [-0.2, 0) is 16.6 Å². The van der Waals surface area contributed by atoms with Gasteiger partial charge >= 0.3 is 0 Å². The third kappa shape index (κ3) is 6.40. The Hall–Kier alpha value is -3.23. The minimum Gasteiger partial charge on any atom is -0.490 e. The summed E-state index contributed by atoms with van der Waals surface area (Å²) in [6, 6.07) is 17.8. The van der Waals surface area contributed by atoms with Crippen LogP contribution in [0.5, 0.6) is 11.5 Å². The summed E-state index contributed by atoms with van der Waals surface area (Å²) in [6.45, 7) is 5.04. The van der Waals surface area contributed by atoms with Crippen molar-refractivity contribution in [2.75, 3.05) is 17.9 Å². The molecule has 0 radical (unpaired) electrons. The maximum Gasteiger partial charge on any atom is 0.261 e. The Morgan fingerprint density at radius 3 is 2.27 bits per heavy atom. The molecule has 0 unspecified atom stereocenters. The Morgan fingerprint density at radius 1 is 0.909 bits per heavy atom. The normalized spacial score (nSPS) is 11.0. The van der Waals surface area contributed by atoms with Crippen LogP contribution in [0.2, 0.25) is 5.02 Å². The van der Waals surface area contributed by atoms with Gasteiger partial charge in [-0.05, 0) is 61.9 Å². The first-order valence-corrected chi connectivity index (χ1v) is 12.2. The van der Waals surface area contributed by atoms with Crippen LogP contribution in [0.25, 0.3) is 0 Å². The highest BCUT2D eigenvalue weighted by molar-refractivity contribution is 7.92. The van der Waals surface area contributed by atoms with Gasteiger partial charge in [-0.3, -0.25) is 9.52 Å². The molecule has 7 nitrogen and oxygen atoms in total. The van der Waals surface area contributed by atoms with E-state index in [-0.39, 0.29) is 33.6 Å². The fraction of sp³-hybridized carbons (Fsp3) is 0.208. The van der Waals surface area contributed by atoms with Crippen molar-refractivity contribution in [2.24, 2.45) is 0 Å². The molecule has 1 amide bonds. The SMILES string of the molecule is CCOc1ccc(CNC(=O)c2ccc(NS(=O)(=O)c3ccccc3)cc2Cl)cc1OCC. The average Bonchev–Trinajstić information content (AvgIpc) is 2.80. The number of anilines is 1. The molecule has 0 atom stereocenters. The molecule has 0 spiro atoms. The van der Waals surface area contributed by atoms with E-state index in [4.69, 9.17) is 21.1 Å². The number of halogens is 1. The molecule has 2 N–H and O–H groups in total. The standard InChI is InChI=1S/C24H25ClN2O5S/c1-3-31-22-13-10-17(14-23(22)32-4-2)16-26-24(28)20-12-11-18(15-21(20)25)27-33(29,30)19-8-6-5-7-9-19/h5-15,27H,3-4,16H2,1-2H3,(H,26,28). The monoisotopic (exact) mass is 488 g/mol. The van der Waals surface area contributed by atoms with E-state index >= 15 is 0 Å². The van der Waals surface area contributed by atoms with Crippen LogP contribution in [-0.4, -0.2) is 27.5 Å². The molecule has 0 aliphatic heterocycles. The zero-order valence-electron chi connectivity index (χ0n) is 18.3. The van der Waals surface area contributed by atoms with Gasteiger partial charge in [0.25, 0.3) is 15.9 Å². The molecule has 33 heavy (non-hydrogen) atoms. The summed E-state index contributed by atoms with van der Waals surface area (Å²) in [5.41, 5.74) is 1.32. The van der Waals surface area contributed by atoms with Gasteiger partial charge in [-0.1, -0.05) is 35.9 Å². The summed E-state index contributed by atoms with van der Waals surface area (Å²) in [6.07, 6.45) is 0. The molecule has 0 bridgehead atoms. The second-order valence-corrected chi connectivity index (χ2v) is 9.03. The Kier molecular flexibility index (Phi) is 8.19.